The molecule has 0 rings (SSSR count). The lowest BCUT2D eigenvalue weighted by Crippen LogP contribution is -2.09. The first-order chi connectivity index (χ1) is 5.07. The van der Waals surface area contributed by atoms with E-state index in [4.69, 9.17) is 23.2 Å². The van der Waals surface area contributed by atoms with Gasteiger partial charge < -0.3 is 4.84 Å². The normalized spacial score (nSPS) is 11.9. The second-order valence-corrected chi connectivity index (χ2v) is 2.87. The Kier molecular flexibility index (Phi) is 5.24. The maximum atomic E-state index is 10.7. The van der Waals surface area contributed by atoms with Crippen molar-refractivity contribution in [1.82, 2.24) is 0 Å². The quantitative estimate of drug-likeness (QED) is 0.301. The van der Waals surface area contributed by atoms with Crippen LogP contribution in [0.1, 0.15) is 13.8 Å². The van der Waals surface area contributed by atoms with Crippen molar-refractivity contribution in [2.75, 3.05) is 5.88 Å². The number of oxime groups is 1. The Morgan fingerprint density at radius 2 is 2.18 bits per heavy atom. The van der Waals surface area contributed by atoms with Crippen LogP contribution in [0.5, 0.6) is 0 Å². The summed E-state index contributed by atoms with van der Waals surface area (Å²) in [6.45, 7) is 3.40. The van der Waals surface area contributed by atoms with Gasteiger partial charge in [-0.15, -0.1) is 11.6 Å². The van der Waals surface area contributed by atoms with Crippen LogP contribution in [0.4, 0.5) is 0 Å². The van der Waals surface area contributed by atoms with Crippen LogP contribution < -0.4 is 0 Å². The molecule has 0 saturated carbocycles. The van der Waals surface area contributed by atoms with Gasteiger partial charge in [-0.25, -0.2) is 4.79 Å². The van der Waals surface area contributed by atoms with E-state index in [9.17, 15) is 4.79 Å². The first-order valence-corrected chi connectivity index (χ1v) is 3.98. The van der Waals surface area contributed by atoms with E-state index in [1.54, 1.807) is 13.8 Å². The van der Waals surface area contributed by atoms with E-state index in [-0.39, 0.29) is 17.0 Å². The van der Waals surface area contributed by atoms with Crippen LogP contribution in [-0.4, -0.2) is 17.0 Å². The van der Waals surface area contributed by atoms with Gasteiger partial charge in [0.1, 0.15) is 0 Å². The zero-order valence-corrected chi connectivity index (χ0v) is 7.82. The Morgan fingerprint density at radius 1 is 1.64 bits per heavy atom. The molecule has 0 atom stereocenters. The average Bonchev–Trinajstić information content (AvgIpc) is 1.99. The molecule has 0 heterocycles. The highest BCUT2D eigenvalue weighted by Crippen LogP contribution is 1.98. The fourth-order valence-electron chi connectivity index (χ4n) is 0.224. The topological polar surface area (TPSA) is 38.7 Å². The van der Waals surface area contributed by atoms with Crippen molar-refractivity contribution < 1.29 is 9.63 Å². The van der Waals surface area contributed by atoms with E-state index in [1.807, 2.05) is 0 Å². The lowest BCUT2D eigenvalue weighted by Gasteiger charge is -1.99. The second-order valence-electron chi connectivity index (χ2n) is 2.17. The van der Waals surface area contributed by atoms with Crippen LogP contribution in [0.3, 0.4) is 0 Å². The van der Waals surface area contributed by atoms with Gasteiger partial charge in [0.25, 0.3) is 0 Å². The molecule has 0 aliphatic rings. The zero-order valence-electron chi connectivity index (χ0n) is 6.30. The molecule has 0 amide bonds. The molecule has 0 fully saturated rings. The summed E-state index contributed by atoms with van der Waals surface area (Å²) in [7, 11) is 0. The van der Waals surface area contributed by atoms with Gasteiger partial charge in [0.2, 0.25) is 0 Å². The number of hydrogen-bond donors (Lipinski definition) is 0. The van der Waals surface area contributed by atoms with Crippen LogP contribution in [0.2, 0.25) is 0 Å². The Labute approximate surface area is 75.3 Å². The Bertz CT molecular complexity index is 168. The maximum absolute atomic E-state index is 10.7. The zero-order chi connectivity index (χ0) is 8.85. The van der Waals surface area contributed by atoms with E-state index < -0.39 is 5.97 Å². The fourth-order valence-corrected chi connectivity index (χ4v) is 0.308. The largest absolute Gasteiger partial charge is 0.337 e. The molecule has 0 saturated heterocycles. The Morgan fingerprint density at radius 3 is 2.55 bits per heavy atom. The van der Waals surface area contributed by atoms with E-state index >= 15 is 0 Å². The van der Waals surface area contributed by atoms with Crippen LogP contribution in [0.15, 0.2) is 5.16 Å². The monoisotopic (exact) mass is 197 g/mol. The number of carbonyl (C=O) groups excluding carboxylic acids is 1. The molecule has 0 bridgehead atoms. The molecule has 0 N–H and O–H groups in total. The third kappa shape index (κ3) is 5.04. The van der Waals surface area contributed by atoms with Gasteiger partial charge in [0, 0.05) is 0 Å². The summed E-state index contributed by atoms with van der Waals surface area (Å²) < 4.78 is 0. The Hall–Kier alpha value is -0.280. The van der Waals surface area contributed by atoms with Crippen LogP contribution in [0.25, 0.3) is 0 Å². The molecule has 0 aromatic rings. The van der Waals surface area contributed by atoms with Crippen LogP contribution in [0, 0.1) is 5.92 Å². The highest BCUT2D eigenvalue weighted by Gasteiger charge is 2.07. The Balaban J connectivity index is 3.78. The minimum absolute atomic E-state index is 0.0485. The molecule has 0 aromatic carbocycles. The van der Waals surface area contributed by atoms with Gasteiger partial charge in [-0.1, -0.05) is 30.6 Å². The number of nitrogens with zero attached hydrogens (tertiary/aromatic N) is 1. The summed E-state index contributed by atoms with van der Waals surface area (Å²) in [5.74, 6) is -0.584. The molecule has 0 radical (unpaired) electrons. The lowest BCUT2D eigenvalue weighted by atomic mass is 10.2. The summed E-state index contributed by atoms with van der Waals surface area (Å²) in [6.07, 6.45) is 0. The summed E-state index contributed by atoms with van der Waals surface area (Å²) in [5, 5.41) is 3.33. The van der Waals surface area contributed by atoms with E-state index in [1.165, 1.54) is 0 Å². The molecular formula is C6H9Cl2NO2. The van der Waals surface area contributed by atoms with Crippen molar-refractivity contribution in [1.29, 1.82) is 0 Å². The summed E-state index contributed by atoms with van der Waals surface area (Å²) in [6, 6.07) is 0. The predicted molar refractivity (Wildman–Crippen MR) is 44.9 cm³/mol. The van der Waals surface area contributed by atoms with E-state index in [0.29, 0.717) is 0 Å². The highest BCUT2D eigenvalue weighted by molar-refractivity contribution is 6.69. The first-order valence-electron chi connectivity index (χ1n) is 3.07. The van der Waals surface area contributed by atoms with E-state index in [0.717, 1.165) is 0 Å². The molecule has 0 aromatic heterocycles. The predicted octanol–water partition coefficient (Wildman–Crippen LogP) is 1.98. The molecule has 0 spiro atoms. The molecule has 3 nitrogen and oxygen atoms in total. The number of hydrogen-bond acceptors (Lipinski definition) is 3. The molecule has 5 heteroatoms. The van der Waals surface area contributed by atoms with Crippen molar-refractivity contribution in [3.05, 3.63) is 0 Å². The summed E-state index contributed by atoms with van der Waals surface area (Å²) in [5.41, 5.74) is 0. The molecule has 0 unspecified atom stereocenters. The second kappa shape index (κ2) is 5.38. The summed E-state index contributed by atoms with van der Waals surface area (Å²) >= 11 is 10.6. The van der Waals surface area contributed by atoms with Gasteiger partial charge in [-0.2, -0.15) is 0 Å². The van der Waals surface area contributed by atoms with Crippen molar-refractivity contribution in [2.24, 2.45) is 11.1 Å². The standard InChI is InChI=1S/C6H9Cl2NO2/c1-4(2)6(10)11-9-5(8)3-7/h4H,3H2,1-2H3/b9-5-. The van der Waals surface area contributed by atoms with Crippen molar-refractivity contribution in [3.63, 3.8) is 0 Å². The minimum Gasteiger partial charge on any atom is -0.317 e. The molecular weight excluding hydrogens is 189 g/mol. The number of alkyl halides is 1. The third-order valence-electron chi connectivity index (χ3n) is 0.816. The molecule has 0 aliphatic heterocycles. The van der Waals surface area contributed by atoms with Gasteiger partial charge >= 0.3 is 5.97 Å². The molecule has 64 valence electrons. The molecule has 0 aliphatic carbocycles. The number of halogens is 2. The number of rotatable bonds is 3. The average molecular weight is 198 g/mol. The van der Waals surface area contributed by atoms with Gasteiger partial charge in [0.15, 0.2) is 5.17 Å². The minimum atomic E-state index is -0.423. The van der Waals surface area contributed by atoms with Crippen LogP contribution >= 0.6 is 23.2 Å². The van der Waals surface area contributed by atoms with Gasteiger partial charge in [-0.3, -0.25) is 0 Å². The molecule has 11 heavy (non-hydrogen) atoms. The van der Waals surface area contributed by atoms with Gasteiger partial charge in [-0.05, 0) is 0 Å². The maximum Gasteiger partial charge on any atom is 0.337 e. The van der Waals surface area contributed by atoms with Gasteiger partial charge in [0.05, 0.1) is 11.8 Å². The van der Waals surface area contributed by atoms with E-state index in [2.05, 4.69) is 9.99 Å². The third-order valence-corrected chi connectivity index (χ3v) is 1.41. The number of carbonyl (C=O) groups is 1. The van der Waals surface area contributed by atoms with Crippen molar-refractivity contribution >= 4 is 34.3 Å². The van der Waals surface area contributed by atoms with Crippen molar-refractivity contribution in [3.8, 4) is 0 Å². The lowest BCUT2D eigenvalue weighted by molar-refractivity contribution is -0.147. The smallest absolute Gasteiger partial charge is 0.317 e. The van der Waals surface area contributed by atoms with Crippen LogP contribution in [-0.2, 0) is 9.63 Å². The van der Waals surface area contributed by atoms with Crippen molar-refractivity contribution in [2.45, 2.75) is 13.8 Å². The first kappa shape index (κ1) is 10.7. The summed E-state index contributed by atoms with van der Waals surface area (Å²) in [4.78, 5) is 15.1. The fraction of sp³-hybridized carbons (Fsp3) is 0.667. The highest BCUT2D eigenvalue weighted by atomic mass is 35.5. The SMILES string of the molecule is CC(C)C(=O)O/N=C(\Cl)CCl.